The first-order valence-electron chi connectivity index (χ1n) is 7.13. The molecule has 1 heteroatoms. The van der Waals surface area contributed by atoms with Crippen LogP contribution in [0.25, 0.3) is 0 Å². The van der Waals surface area contributed by atoms with Crippen LogP contribution in [0.15, 0.2) is 24.3 Å². The molecule has 0 heterocycles. The Morgan fingerprint density at radius 1 is 1.12 bits per heavy atom. The van der Waals surface area contributed by atoms with E-state index in [4.69, 9.17) is 0 Å². The van der Waals surface area contributed by atoms with Gasteiger partial charge in [-0.15, -0.1) is 0 Å². The van der Waals surface area contributed by atoms with Gasteiger partial charge in [-0.25, -0.2) is 0 Å². The predicted octanol–water partition coefficient (Wildman–Crippen LogP) is 3.84. The normalized spacial score (nSPS) is 21.5. The monoisotopic (exact) mass is 229 g/mol. The first kappa shape index (κ1) is 11.3. The third kappa shape index (κ3) is 3.10. The summed E-state index contributed by atoms with van der Waals surface area (Å²) in [6, 6.07) is 9.72. The molecule has 1 N–H and O–H groups in total. The lowest BCUT2D eigenvalue weighted by Gasteiger charge is -2.19. The van der Waals surface area contributed by atoms with E-state index in [2.05, 4.69) is 36.5 Å². The van der Waals surface area contributed by atoms with Crippen LogP contribution in [0.4, 0.5) is 0 Å². The molecule has 2 aliphatic rings. The number of hydrogen-bond acceptors (Lipinski definition) is 1. The van der Waals surface area contributed by atoms with Gasteiger partial charge < -0.3 is 5.32 Å². The molecule has 0 aromatic heterocycles. The van der Waals surface area contributed by atoms with E-state index in [0.29, 0.717) is 6.04 Å². The van der Waals surface area contributed by atoms with Crippen molar-refractivity contribution in [3.63, 3.8) is 0 Å². The van der Waals surface area contributed by atoms with E-state index < -0.39 is 0 Å². The molecule has 17 heavy (non-hydrogen) atoms. The molecule has 0 saturated heterocycles. The molecule has 1 aromatic carbocycles. The van der Waals surface area contributed by atoms with Crippen LogP contribution in [0.5, 0.6) is 0 Å². The molecule has 2 aliphatic carbocycles. The topological polar surface area (TPSA) is 12.0 Å². The first-order valence-corrected chi connectivity index (χ1v) is 7.13. The molecule has 2 saturated carbocycles. The highest BCUT2D eigenvalue weighted by molar-refractivity contribution is 5.25. The number of hydrogen-bond donors (Lipinski definition) is 1. The summed E-state index contributed by atoms with van der Waals surface area (Å²) < 4.78 is 0. The summed E-state index contributed by atoms with van der Waals surface area (Å²) in [5, 5.41) is 3.79. The van der Waals surface area contributed by atoms with Crippen LogP contribution >= 0.6 is 0 Å². The van der Waals surface area contributed by atoms with E-state index >= 15 is 0 Å². The van der Waals surface area contributed by atoms with Crippen LogP contribution in [-0.2, 0) is 0 Å². The molecule has 0 amide bonds. The predicted molar refractivity (Wildman–Crippen MR) is 72.0 cm³/mol. The second kappa shape index (κ2) is 4.81. The molecular weight excluding hydrogens is 206 g/mol. The third-order valence-electron chi connectivity index (χ3n) is 4.14. The third-order valence-corrected chi connectivity index (χ3v) is 4.14. The van der Waals surface area contributed by atoms with Crippen molar-refractivity contribution in [3.05, 3.63) is 35.4 Å². The summed E-state index contributed by atoms with van der Waals surface area (Å²) in [4.78, 5) is 0. The number of aryl methyl sites for hydroxylation is 1. The first-order chi connectivity index (χ1) is 8.33. The van der Waals surface area contributed by atoms with Crippen molar-refractivity contribution in [2.75, 3.05) is 6.54 Å². The summed E-state index contributed by atoms with van der Waals surface area (Å²) >= 11 is 0. The van der Waals surface area contributed by atoms with Gasteiger partial charge in [0.2, 0.25) is 0 Å². The lowest BCUT2D eigenvalue weighted by molar-refractivity contribution is 0.466. The van der Waals surface area contributed by atoms with Gasteiger partial charge in [0.05, 0.1) is 0 Å². The summed E-state index contributed by atoms with van der Waals surface area (Å²) in [5.74, 6) is 1.94. The fourth-order valence-corrected chi connectivity index (χ4v) is 2.61. The van der Waals surface area contributed by atoms with Gasteiger partial charge >= 0.3 is 0 Å². The van der Waals surface area contributed by atoms with Crippen LogP contribution in [0.2, 0.25) is 0 Å². The van der Waals surface area contributed by atoms with Crippen LogP contribution in [-0.4, -0.2) is 6.54 Å². The van der Waals surface area contributed by atoms with Crippen molar-refractivity contribution in [1.82, 2.24) is 5.32 Å². The Hall–Kier alpha value is -0.820. The van der Waals surface area contributed by atoms with Gasteiger partial charge in [0.1, 0.15) is 0 Å². The van der Waals surface area contributed by atoms with Gasteiger partial charge in [-0.2, -0.15) is 0 Å². The van der Waals surface area contributed by atoms with E-state index in [1.54, 1.807) is 0 Å². The fourth-order valence-electron chi connectivity index (χ4n) is 2.61. The lowest BCUT2D eigenvalue weighted by atomic mass is 10.0. The Kier molecular flexibility index (Phi) is 3.19. The Morgan fingerprint density at radius 2 is 1.82 bits per heavy atom. The van der Waals surface area contributed by atoms with Crippen LogP contribution in [0.3, 0.4) is 0 Å². The minimum absolute atomic E-state index is 0.620. The van der Waals surface area contributed by atoms with E-state index in [9.17, 15) is 0 Å². The summed E-state index contributed by atoms with van der Waals surface area (Å²) in [6.07, 6.45) is 7.15. The molecule has 0 aliphatic heterocycles. The summed E-state index contributed by atoms with van der Waals surface area (Å²) in [7, 11) is 0. The Morgan fingerprint density at radius 3 is 2.41 bits per heavy atom. The largest absolute Gasteiger partial charge is 0.310 e. The van der Waals surface area contributed by atoms with Gasteiger partial charge in [-0.05, 0) is 50.1 Å². The van der Waals surface area contributed by atoms with Crippen LogP contribution in [0.1, 0.15) is 49.3 Å². The molecule has 0 bridgehead atoms. The van der Waals surface area contributed by atoms with E-state index in [-0.39, 0.29) is 0 Å². The van der Waals surface area contributed by atoms with E-state index in [1.165, 1.54) is 49.8 Å². The smallest absolute Gasteiger partial charge is 0.0348 e. The van der Waals surface area contributed by atoms with E-state index in [0.717, 1.165) is 11.8 Å². The SMILES string of the molecule is Cc1ccc(C(NCCC2CC2)C2CC2)cc1. The van der Waals surface area contributed by atoms with Gasteiger partial charge in [-0.3, -0.25) is 0 Å². The highest BCUT2D eigenvalue weighted by Crippen LogP contribution is 2.41. The zero-order chi connectivity index (χ0) is 11.7. The second-order valence-corrected chi connectivity index (χ2v) is 5.91. The van der Waals surface area contributed by atoms with Crippen molar-refractivity contribution in [2.24, 2.45) is 11.8 Å². The average molecular weight is 229 g/mol. The van der Waals surface area contributed by atoms with Gasteiger partial charge in [0.15, 0.2) is 0 Å². The quantitative estimate of drug-likeness (QED) is 0.781. The molecule has 1 nitrogen and oxygen atoms in total. The van der Waals surface area contributed by atoms with Crippen molar-refractivity contribution in [2.45, 2.75) is 45.1 Å². The number of benzene rings is 1. The van der Waals surface area contributed by atoms with Gasteiger partial charge in [-0.1, -0.05) is 42.7 Å². The van der Waals surface area contributed by atoms with Crippen molar-refractivity contribution < 1.29 is 0 Å². The minimum atomic E-state index is 0.620. The van der Waals surface area contributed by atoms with Crippen molar-refractivity contribution >= 4 is 0 Å². The summed E-state index contributed by atoms with van der Waals surface area (Å²) in [6.45, 7) is 3.37. The Bertz CT molecular complexity index is 360. The standard InChI is InChI=1S/C16H23N/c1-12-2-6-14(7-3-12)16(15-8-9-15)17-11-10-13-4-5-13/h2-3,6-7,13,15-17H,4-5,8-11H2,1H3. The Balaban J connectivity index is 1.59. The van der Waals surface area contributed by atoms with Crippen molar-refractivity contribution in [3.8, 4) is 0 Å². The summed E-state index contributed by atoms with van der Waals surface area (Å²) in [5.41, 5.74) is 2.86. The number of nitrogens with one attached hydrogen (secondary N) is 1. The zero-order valence-electron chi connectivity index (χ0n) is 10.8. The maximum Gasteiger partial charge on any atom is 0.0348 e. The van der Waals surface area contributed by atoms with Crippen molar-refractivity contribution in [1.29, 1.82) is 0 Å². The average Bonchev–Trinajstić information content (AvgIpc) is 3.19. The molecule has 1 unspecified atom stereocenters. The molecule has 3 rings (SSSR count). The minimum Gasteiger partial charge on any atom is -0.310 e. The zero-order valence-corrected chi connectivity index (χ0v) is 10.8. The molecule has 1 atom stereocenters. The van der Waals surface area contributed by atoms with Gasteiger partial charge in [0.25, 0.3) is 0 Å². The second-order valence-electron chi connectivity index (χ2n) is 5.91. The maximum atomic E-state index is 3.79. The fraction of sp³-hybridized carbons (Fsp3) is 0.625. The Labute approximate surface area is 105 Å². The highest BCUT2D eigenvalue weighted by Gasteiger charge is 2.32. The molecule has 1 aromatic rings. The van der Waals surface area contributed by atoms with E-state index in [1.807, 2.05) is 0 Å². The lowest BCUT2D eigenvalue weighted by Crippen LogP contribution is -2.24. The maximum absolute atomic E-state index is 3.79. The molecular formula is C16H23N. The molecule has 92 valence electrons. The molecule has 0 radical (unpaired) electrons. The van der Waals surface area contributed by atoms with Crippen LogP contribution in [0, 0.1) is 18.8 Å². The van der Waals surface area contributed by atoms with Gasteiger partial charge in [0, 0.05) is 6.04 Å². The highest BCUT2D eigenvalue weighted by atomic mass is 14.9. The molecule has 2 fully saturated rings. The molecule has 0 spiro atoms. The van der Waals surface area contributed by atoms with Crippen LogP contribution < -0.4 is 5.32 Å². The number of rotatable bonds is 6.